The first kappa shape index (κ1) is 27.6. The molecule has 0 saturated heterocycles. The summed E-state index contributed by atoms with van der Waals surface area (Å²) in [6, 6.07) is 16.6. The number of nitrogens with zero attached hydrogens (tertiary/aromatic N) is 2. The minimum absolute atomic E-state index is 0.0175. The fraction of sp³-hybridized carbons (Fsp3) is 0.357. The molecule has 8 heteroatoms. The summed E-state index contributed by atoms with van der Waals surface area (Å²) >= 11 is 7.92. The lowest BCUT2D eigenvalue weighted by Crippen LogP contribution is -2.46. The average molecular weight is 529 g/mol. The van der Waals surface area contributed by atoms with Crippen molar-refractivity contribution in [2.45, 2.75) is 39.3 Å². The van der Waals surface area contributed by atoms with Crippen molar-refractivity contribution in [2.75, 3.05) is 27.3 Å². The highest BCUT2D eigenvalue weighted by atomic mass is 35.5. The van der Waals surface area contributed by atoms with E-state index in [2.05, 4.69) is 0 Å². The number of carbonyl (C=O) groups excluding carboxylic acids is 2. The van der Waals surface area contributed by atoms with Crippen LogP contribution in [0.25, 0.3) is 0 Å². The van der Waals surface area contributed by atoms with Crippen LogP contribution in [0.4, 0.5) is 0 Å². The number of ether oxygens (including phenoxy) is 2. The molecule has 3 rings (SSSR count). The van der Waals surface area contributed by atoms with Crippen molar-refractivity contribution < 1.29 is 19.1 Å². The molecule has 0 radical (unpaired) electrons. The highest BCUT2D eigenvalue weighted by molar-refractivity contribution is 7.09. The Labute approximate surface area is 222 Å². The second-order valence-corrected chi connectivity index (χ2v) is 9.94. The Morgan fingerprint density at radius 1 is 1.03 bits per heavy atom. The van der Waals surface area contributed by atoms with Gasteiger partial charge in [0.15, 0.2) is 11.5 Å². The summed E-state index contributed by atoms with van der Waals surface area (Å²) < 4.78 is 10.8. The van der Waals surface area contributed by atoms with Gasteiger partial charge in [-0.15, -0.1) is 11.3 Å². The molecule has 0 N–H and O–H groups in total. The van der Waals surface area contributed by atoms with Crippen LogP contribution in [0.2, 0.25) is 5.02 Å². The summed E-state index contributed by atoms with van der Waals surface area (Å²) in [5.74, 6) is 0.971. The molecule has 1 aromatic heterocycles. The van der Waals surface area contributed by atoms with Gasteiger partial charge in [0.25, 0.3) is 5.91 Å². The van der Waals surface area contributed by atoms with Gasteiger partial charge in [0.05, 0.1) is 31.4 Å². The highest BCUT2D eigenvalue weighted by Crippen LogP contribution is 2.28. The van der Waals surface area contributed by atoms with E-state index in [1.165, 1.54) is 0 Å². The molecule has 1 heterocycles. The molecule has 0 spiro atoms. The molecule has 1 atom stereocenters. The number of thiophene rings is 1. The second kappa shape index (κ2) is 13.3. The Bertz CT molecular complexity index is 1150. The number of hydrogen-bond acceptors (Lipinski definition) is 5. The molecular formula is C28H33ClN2O4S. The first-order valence-corrected chi connectivity index (χ1v) is 13.2. The van der Waals surface area contributed by atoms with E-state index in [4.69, 9.17) is 21.1 Å². The normalized spacial score (nSPS) is 11.6. The molecule has 0 bridgehead atoms. The summed E-state index contributed by atoms with van der Waals surface area (Å²) in [4.78, 5) is 31.6. The Morgan fingerprint density at radius 2 is 1.78 bits per heavy atom. The number of carbonyl (C=O) groups is 2. The van der Waals surface area contributed by atoms with Gasteiger partial charge in [-0.3, -0.25) is 9.59 Å². The molecule has 2 amide bonds. The van der Waals surface area contributed by atoms with E-state index in [1.807, 2.05) is 54.5 Å². The van der Waals surface area contributed by atoms with Crippen LogP contribution in [0.15, 0.2) is 60.0 Å². The maximum atomic E-state index is 13.6. The average Bonchev–Trinajstić information content (AvgIpc) is 3.42. The fourth-order valence-electron chi connectivity index (χ4n) is 3.87. The van der Waals surface area contributed by atoms with Crippen molar-refractivity contribution >= 4 is 34.8 Å². The molecule has 0 fully saturated rings. The van der Waals surface area contributed by atoms with Crippen LogP contribution < -0.4 is 9.47 Å². The molecule has 0 saturated carbocycles. The number of halogens is 1. The number of methoxy groups -OCH3 is 2. The predicted molar refractivity (Wildman–Crippen MR) is 145 cm³/mol. The van der Waals surface area contributed by atoms with Crippen LogP contribution in [0.1, 0.15) is 41.1 Å². The van der Waals surface area contributed by atoms with Gasteiger partial charge in [-0.05, 0) is 61.0 Å². The van der Waals surface area contributed by atoms with Crippen LogP contribution in [0.5, 0.6) is 11.5 Å². The molecule has 2 aromatic carbocycles. The van der Waals surface area contributed by atoms with E-state index in [9.17, 15) is 9.59 Å². The molecule has 0 aliphatic rings. The zero-order chi connectivity index (χ0) is 26.1. The largest absolute Gasteiger partial charge is 0.493 e. The van der Waals surface area contributed by atoms with E-state index in [0.717, 1.165) is 16.9 Å². The monoisotopic (exact) mass is 528 g/mol. The highest BCUT2D eigenvalue weighted by Gasteiger charge is 2.27. The fourth-order valence-corrected chi connectivity index (χ4v) is 4.80. The standard InChI is InChI=1S/C28H33ClN2O4S/c1-5-20(2)31(28(33)23-10-6-7-11-24(23)29)19-27(32)30(18-22-9-8-16-36-22)15-14-21-12-13-25(34-3)26(17-21)35-4/h6-13,16-17,20H,5,14-15,18-19H2,1-4H3. The number of rotatable bonds is 12. The summed E-state index contributed by atoms with van der Waals surface area (Å²) in [6.07, 6.45) is 1.36. The van der Waals surface area contributed by atoms with Gasteiger partial charge in [-0.25, -0.2) is 0 Å². The van der Waals surface area contributed by atoms with Crippen molar-refractivity contribution in [3.63, 3.8) is 0 Å². The minimum Gasteiger partial charge on any atom is -0.493 e. The topological polar surface area (TPSA) is 59.1 Å². The molecule has 0 aliphatic carbocycles. The maximum absolute atomic E-state index is 13.6. The van der Waals surface area contributed by atoms with E-state index < -0.39 is 0 Å². The number of hydrogen-bond donors (Lipinski definition) is 0. The summed E-state index contributed by atoms with van der Waals surface area (Å²) in [5, 5.41) is 2.38. The molecule has 36 heavy (non-hydrogen) atoms. The SMILES string of the molecule is CCC(C)N(CC(=O)N(CCc1ccc(OC)c(OC)c1)Cc1cccs1)C(=O)c1ccccc1Cl. The van der Waals surface area contributed by atoms with E-state index in [-0.39, 0.29) is 24.4 Å². The molecular weight excluding hydrogens is 496 g/mol. The van der Waals surface area contributed by atoms with Gasteiger partial charge in [0.1, 0.15) is 6.54 Å². The van der Waals surface area contributed by atoms with E-state index >= 15 is 0 Å². The number of benzene rings is 2. The molecule has 6 nitrogen and oxygen atoms in total. The predicted octanol–water partition coefficient (Wildman–Crippen LogP) is 5.93. The van der Waals surface area contributed by atoms with Crippen LogP contribution in [-0.4, -0.2) is 55.0 Å². The molecule has 0 aliphatic heterocycles. The van der Waals surface area contributed by atoms with Crippen molar-refractivity contribution in [3.05, 3.63) is 81.0 Å². The van der Waals surface area contributed by atoms with Crippen LogP contribution in [-0.2, 0) is 17.8 Å². The first-order chi connectivity index (χ1) is 17.4. The van der Waals surface area contributed by atoms with Crippen molar-refractivity contribution in [1.29, 1.82) is 0 Å². The Hall–Kier alpha value is -3.03. The summed E-state index contributed by atoms with van der Waals surface area (Å²) in [7, 11) is 3.21. The maximum Gasteiger partial charge on any atom is 0.256 e. The van der Waals surface area contributed by atoms with Crippen molar-refractivity contribution in [3.8, 4) is 11.5 Å². The van der Waals surface area contributed by atoms with Crippen LogP contribution in [0.3, 0.4) is 0 Å². The summed E-state index contributed by atoms with van der Waals surface area (Å²) in [6.45, 7) is 4.92. The van der Waals surface area contributed by atoms with Gasteiger partial charge >= 0.3 is 0 Å². The zero-order valence-electron chi connectivity index (χ0n) is 21.2. The molecule has 1 unspecified atom stereocenters. The molecule has 192 valence electrons. The molecule has 3 aromatic rings. The Morgan fingerprint density at radius 3 is 2.42 bits per heavy atom. The lowest BCUT2D eigenvalue weighted by molar-refractivity contribution is -0.132. The lowest BCUT2D eigenvalue weighted by Gasteiger charge is -2.31. The lowest BCUT2D eigenvalue weighted by atomic mass is 10.1. The van der Waals surface area contributed by atoms with Gasteiger partial charge in [-0.1, -0.05) is 42.8 Å². The van der Waals surface area contributed by atoms with Gasteiger partial charge in [0.2, 0.25) is 5.91 Å². The van der Waals surface area contributed by atoms with Crippen LogP contribution in [0, 0.1) is 0 Å². The Balaban J connectivity index is 1.81. The first-order valence-electron chi connectivity index (χ1n) is 11.9. The van der Waals surface area contributed by atoms with Gasteiger partial charge in [0, 0.05) is 17.5 Å². The summed E-state index contributed by atoms with van der Waals surface area (Å²) in [5.41, 5.74) is 1.44. The zero-order valence-corrected chi connectivity index (χ0v) is 22.8. The van der Waals surface area contributed by atoms with Crippen molar-refractivity contribution in [1.82, 2.24) is 9.80 Å². The number of amides is 2. The third-order valence-corrected chi connectivity index (χ3v) is 7.38. The van der Waals surface area contributed by atoms with Crippen LogP contribution >= 0.6 is 22.9 Å². The minimum atomic E-state index is -0.237. The van der Waals surface area contributed by atoms with Gasteiger partial charge in [-0.2, -0.15) is 0 Å². The smallest absolute Gasteiger partial charge is 0.256 e. The third-order valence-electron chi connectivity index (χ3n) is 6.19. The van der Waals surface area contributed by atoms with E-state index in [0.29, 0.717) is 41.6 Å². The quantitative estimate of drug-likeness (QED) is 0.292. The van der Waals surface area contributed by atoms with Gasteiger partial charge < -0.3 is 19.3 Å². The van der Waals surface area contributed by atoms with Crippen molar-refractivity contribution in [2.24, 2.45) is 0 Å². The second-order valence-electron chi connectivity index (χ2n) is 8.50. The third kappa shape index (κ3) is 7.02. The van der Waals surface area contributed by atoms with E-state index in [1.54, 1.807) is 54.7 Å². The Kier molecular flexibility index (Phi) is 10.2.